The molecule has 6 heteroatoms. The largest absolute Gasteiger partial charge is 0.396 e. The van der Waals surface area contributed by atoms with Gasteiger partial charge in [0.25, 0.3) is 0 Å². The van der Waals surface area contributed by atoms with Gasteiger partial charge in [-0.25, -0.2) is 8.42 Å². The van der Waals surface area contributed by atoms with E-state index in [1.165, 1.54) is 0 Å². The molecular weight excluding hydrogens is 214 g/mol. The van der Waals surface area contributed by atoms with Crippen LogP contribution in [0.5, 0.6) is 0 Å². The first-order valence-electron chi connectivity index (χ1n) is 5.12. The van der Waals surface area contributed by atoms with Crippen LogP contribution in [0.15, 0.2) is 0 Å². The highest BCUT2D eigenvalue weighted by Crippen LogP contribution is 2.43. The van der Waals surface area contributed by atoms with Crippen molar-refractivity contribution in [1.82, 2.24) is 9.78 Å². The summed E-state index contributed by atoms with van der Waals surface area (Å²) in [6.45, 7) is 0.453. The highest BCUT2D eigenvalue weighted by atomic mass is 32.2. The molecule has 1 saturated carbocycles. The van der Waals surface area contributed by atoms with Crippen molar-refractivity contribution in [3.63, 3.8) is 0 Å². The molecule has 3 rings (SSSR count). The topological polar surface area (TPSA) is 78.0 Å². The van der Waals surface area contributed by atoms with Crippen LogP contribution in [0, 0.1) is 0 Å². The van der Waals surface area contributed by atoms with Crippen LogP contribution in [0.25, 0.3) is 0 Å². The minimum absolute atomic E-state index is 0.0541. The van der Waals surface area contributed by atoms with Gasteiger partial charge in [0, 0.05) is 5.92 Å². The molecule has 2 aliphatic rings. The second kappa shape index (κ2) is 2.75. The number of aromatic nitrogens is 2. The molecule has 2 N–H and O–H groups in total. The highest BCUT2D eigenvalue weighted by molar-refractivity contribution is 7.90. The Labute approximate surface area is 88.2 Å². The molecule has 0 saturated heterocycles. The summed E-state index contributed by atoms with van der Waals surface area (Å²) in [6, 6.07) is 0. The van der Waals surface area contributed by atoms with E-state index in [0.29, 0.717) is 23.8 Å². The molecule has 1 aromatic rings. The fraction of sp³-hybridized carbons (Fsp3) is 0.667. The molecule has 0 unspecified atom stereocenters. The van der Waals surface area contributed by atoms with E-state index in [4.69, 9.17) is 5.73 Å². The van der Waals surface area contributed by atoms with Gasteiger partial charge in [0.1, 0.15) is 0 Å². The maximum atomic E-state index is 11.5. The predicted octanol–water partition coefficient (Wildman–Crippen LogP) is 0.271. The third-order valence-electron chi connectivity index (χ3n) is 3.06. The van der Waals surface area contributed by atoms with Crippen molar-refractivity contribution in [3.8, 4) is 0 Å². The molecule has 5 nitrogen and oxygen atoms in total. The molecule has 82 valence electrons. The monoisotopic (exact) mass is 227 g/mol. The van der Waals surface area contributed by atoms with Gasteiger partial charge in [-0.05, 0) is 12.8 Å². The third kappa shape index (κ3) is 1.43. The second-order valence-corrected chi connectivity index (χ2v) is 6.52. The van der Waals surface area contributed by atoms with E-state index in [1.807, 2.05) is 0 Å². The maximum Gasteiger partial charge on any atom is 0.157 e. The summed E-state index contributed by atoms with van der Waals surface area (Å²) in [5, 5.41) is 4.41. The Morgan fingerprint density at radius 3 is 2.80 bits per heavy atom. The quantitative estimate of drug-likeness (QED) is 0.747. The number of anilines is 1. The van der Waals surface area contributed by atoms with Crippen LogP contribution in [0.2, 0.25) is 0 Å². The minimum Gasteiger partial charge on any atom is -0.396 e. The van der Waals surface area contributed by atoms with E-state index in [9.17, 15) is 8.42 Å². The van der Waals surface area contributed by atoms with Crippen molar-refractivity contribution in [1.29, 1.82) is 0 Å². The Morgan fingerprint density at radius 1 is 1.40 bits per heavy atom. The molecule has 0 atom stereocenters. The highest BCUT2D eigenvalue weighted by Gasteiger charge is 2.33. The number of aryl methyl sites for hydroxylation is 1. The van der Waals surface area contributed by atoms with E-state index in [0.717, 1.165) is 18.5 Å². The first kappa shape index (κ1) is 9.21. The Hall–Kier alpha value is -1.04. The van der Waals surface area contributed by atoms with Gasteiger partial charge in [-0.15, -0.1) is 0 Å². The summed E-state index contributed by atoms with van der Waals surface area (Å²) in [4.78, 5) is 0. The Kier molecular flexibility index (Phi) is 1.69. The zero-order valence-corrected chi connectivity index (χ0v) is 9.13. The van der Waals surface area contributed by atoms with E-state index in [1.54, 1.807) is 4.68 Å². The number of nitrogens with two attached hydrogens (primary N) is 1. The molecule has 0 radical (unpaired) electrons. The number of sulfone groups is 1. The summed E-state index contributed by atoms with van der Waals surface area (Å²) >= 11 is 0. The Balaban J connectivity index is 2.09. The van der Waals surface area contributed by atoms with Crippen molar-refractivity contribution in [3.05, 3.63) is 11.4 Å². The van der Waals surface area contributed by atoms with Crippen molar-refractivity contribution in [2.24, 2.45) is 0 Å². The molecule has 0 amide bonds. The van der Waals surface area contributed by atoms with Crippen LogP contribution >= 0.6 is 0 Å². The second-order valence-electron chi connectivity index (χ2n) is 4.34. The molecule has 1 fully saturated rings. The lowest BCUT2D eigenvalue weighted by Crippen LogP contribution is -2.24. The van der Waals surface area contributed by atoms with Gasteiger partial charge in [0.05, 0.1) is 35.1 Å². The van der Waals surface area contributed by atoms with Crippen molar-refractivity contribution in [2.45, 2.75) is 31.1 Å². The SMILES string of the molecule is Nc1c(C2CC2)nn2c1CS(=O)(=O)CC2. The van der Waals surface area contributed by atoms with Gasteiger partial charge in [0.15, 0.2) is 9.84 Å². The van der Waals surface area contributed by atoms with Crippen LogP contribution < -0.4 is 5.73 Å². The lowest BCUT2D eigenvalue weighted by molar-refractivity contribution is 0.553. The van der Waals surface area contributed by atoms with Crippen LogP contribution in [-0.4, -0.2) is 24.0 Å². The number of rotatable bonds is 1. The van der Waals surface area contributed by atoms with E-state index in [2.05, 4.69) is 5.10 Å². The van der Waals surface area contributed by atoms with Gasteiger partial charge in [-0.3, -0.25) is 4.68 Å². The molecule has 0 aromatic carbocycles. The van der Waals surface area contributed by atoms with Crippen LogP contribution in [0.3, 0.4) is 0 Å². The molecule has 0 spiro atoms. The Bertz CT molecular complexity index is 514. The van der Waals surface area contributed by atoms with Gasteiger partial charge in [-0.2, -0.15) is 5.10 Å². The first-order chi connectivity index (χ1) is 7.07. The van der Waals surface area contributed by atoms with Crippen LogP contribution in [0.4, 0.5) is 5.69 Å². The molecule has 1 aromatic heterocycles. The number of nitrogens with zero attached hydrogens (tertiary/aromatic N) is 2. The number of hydrogen-bond acceptors (Lipinski definition) is 4. The smallest absolute Gasteiger partial charge is 0.157 e. The maximum absolute atomic E-state index is 11.5. The predicted molar refractivity (Wildman–Crippen MR) is 56.1 cm³/mol. The number of fused-ring (bicyclic) bond motifs is 1. The molecule has 1 aliphatic carbocycles. The molecule has 15 heavy (non-hydrogen) atoms. The third-order valence-corrected chi connectivity index (χ3v) is 4.58. The summed E-state index contributed by atoms with van der Waals surface area (Å²) in [6.07, 6.45) is 2.26. The number of nitrogen functional groups attached to an aromatic ring is 1. The standard InChI is InChI=1S/C9H13N3O2S/c10-8-7-5-15(13,14)4-3-12(7)11-9(8)6-1-2-6/h6H,1-5,10H2. The fourth-order valence-electron chi connectivity index (χ4n) is 2.03. The van der Waals surface area contributed by atoms with Gasteiger partial charge in [-0.1, -0.05) is 0 Å². The number of hydrogen-bond donors (Lipinski definition) is 1. The van der Waals surface area contributed by atoms with Gasteiger partial charge >= 0.3 is 0 Å². The summed E-state index contributed by atoms with van der Waals surface area (Å²) in [5.74, 6) is 0.717. The summed E-state index contributed by atoms with van der Waals surface area (Å²) < 4.78 is 24.7. The Morgan fingerprint density at radius 2 is 2.13 bits per heavy atom. The fourth-order valence-corrected chi connectivity index (χ4v) is 3.35. The van der Waals surface area contributed by atoms with Crippen LogP contribution in [0.1, 0.15) is 30.1 Å². The normalized spacial score (nSPS) is 23.7. The molecule has 0 bridgehead atoms. The van der Waals surface area contributed by atoms with E-state index >= 15 is 0 Å². The van der Waals surface area contributed by atoms with Crippen LogP contribution in [-0.2, 0) is 22.1 Å². The van der Waals surface area contributed by atoms with E-state index < -0.39 is 9.84 Å². The van der Waals surface area contributed by atoms with Crippen molar-refractivity contribution >= 4 is 15.5 Å². The summed E-state index contributed by atoms with van der Waals surface area (Å²) in [7, 11) is -2.95. The molecular formula is C9H13N3O2S. The zero-order chi connectivity index (χ0) is 10.6. The van der Waals surface area contributed by atoms with Crippen molar-refractivity contribution < 1.29 is 8.42 Å². The summed E-state index contributed by atoms with van der Waals surface area (Å²) in [5.41, 5.74) is 8.17. The first-order valence-corrected chi connectivity index (χ1v) is 6.94. The molecule has 2 heterocycles. The minimum atomic E-state index is -2.95. The van der Waals surface area contributed by atoms with Gasteiger partial charge < -0.3 is 5.73 Å². The average Bonchev–Trinajstić information content (AvgIpc) is 2.94. The van der Waals surface area contributed by atoms with Crippen molar-refractivity contribution in [2.75, 3.05) is 11.5 Å². The lowest BCUT2D eigenvalue weighted by atomic mass is 10.2. The molecule has 1 aliphatic heterocycles. The average molecular weight is 227 g/mol. The van der Waals surface area contributed by atoms with E-state index in [-0.39, 0.29) is 11.5 Å². The lowest BCUT2D eigenvalue weighted by Gasteiger charge is -2.14. The van der Waals surface area contributed by atoms with Gasteiger partial charge in [0.2, 0.25) is 0 Å². The zero-order valence-electron chi connectivity index (χ0n) is 8.31.